The van der Waals surface area contributed by atoms with Crippen molar-refractivity contribution < 1.29 is 0 Å². The van der Waals surface area contributed by atoms with Crippen molar-refractivity contribution in [1.29, 1.82) is 0 Å². The zero-order chi connectivity index (χ0) is 88.5. The predicted molar refractivity (Wildman–Crippen MR) is 517 cm³/mol. The predicted octanol–water partition coefficient (Wildman–Crippen LogP) is 38.5. The molecule has 0 N–H and O–H groups in total. The molecule has 0 aromatic heterocycles. The summed E-state index contributed by atoms with van der Waals surface area (Å²) in [6, 6.07) is 0. The molecule has 7 saturated carbocycles. The summed E-state index contributed by atoms with van der Waals surface area (Å²) in [5, 5.41) is 0. The van der Waals surface area contributed by atoms with Gasteiger partial charge in [0.2, 0.25) is 0 Å². The molecule has 0 nitrogen and oxygen atoms in total. The topological polar surface area (TPSA) is 0 Å². The third-order valence-electron chi connectivity index (χ3n) is 34.1. The van der Waals surface area contributed by atoms with E-state index in [1.165, 1.54) is 179 Å². The van der Waals surface area contributed by atoms with Crippen molar-refractivity contribution in [3.8, 4) is 0 Å². The minimum atomic E-state index is 0.380. The van der Waals surface area contributed by atoms with Crippen LogP contribution in [-0.2, 0) is 0 Å². The van der Waals surface area contributed by atoms with Gasteiger partial charge in [0.25, 0.3) is 0 Å². The molecule has 0 heterocycles. The van der Waals surface area contributed by atoms with E-state index in [2.05, 4.69) is 351 Å². The lowest BCUT2D eigenvalue weighted by atomic mass is 9.48. The smallest absolute Gasteiger partial charge is 0.0205 e. The lowest BCUT2D eigenvalue weighted by Crippen LogP contribution is -2.49. The first-order chi connectivity index (χ1) is 50.3. The number of hydrogen-bond acceptors (Lipinski definition) is 0. The van der Waals surface area contributed by atoms with Gasteiger partial charge < -0.3 is 0 Å². The Hall–Kier alpha value is -0.520. The lowest BCUT2D eigenvalue weighted by molar-refractivity contribution is -0.0787. The van der Waals surface area contributed by atoms with Crippen molar-refractivity contribution in [3.63, 3.8) is 0 Å². The van der Waals surface area contributed by atoms with Crippen LogP contribution in [0.25, 0.3) is 0 Å². The van der Waals surface area contributed by atoms with E-state index >= 15 is 0 Å². The normalized spacial score (nSPS) is 33.5. The van der Waals surface area contributed by atoms with Crippen LogP contribution in [0.15, 0.2) is 24.3 Å². The Balaban J connectivity index is 0.000000448. The zero-order valence-corrected chi connectivity index (χ0v) is 87.8. The maximum absolute atomic E-state index is 4.21. The van der Waals surface area contributed by atoms with Crippen molar-refractivity contribution >= 4 is 0 Å². The molecule has 8 rings (SSSR count). The van der Waals surface area contributed by atoms with E-state index < -0.39 is 0 Å². The van der Waals surface area contributed by atoms with Gasteiger partial charge in [-0.1, -0.05) is 401 Å². The molecule has 0 spiro atoms. The van der Waals surface area contributed by atoms with Gasteiger partial charge in [-0.3, -0.25) is 0 Å². The summed E-state index contributed by atoms with van der Waals surface area (Å²) < 4.78 is 0. The maximum atomic E-state index is 4.21. The van der Waals surface area contributed by atoms with Crippen LogP contribution in [0.2, 0.25) is 0 Å². The number of fused-ring (bicyclic) bond motifs is 2. The Kier molecular flexibility index (Phi) is 39.7. The molecule has 8 aliphatic carbocycles. The second-order valence-electron chi connectivity index (χ2n) is 57.2. The Morgan fingerprint density at radius 2 is 0.593 bits per heavy atom. The van der Waals surface area contributed by atoms with E-state index in [0.29, 0.717) is 86.6 Å². The van der Waals surface area contributed by atoms with Crippen LogP contribution in [0.4, 0.5) is 0 Å². The largest absolute Gasteiger partial charge is 0.0999 e. The molecular formula is C113H220. The van der Waals surface area contributed by atoms with Crippen LogP contribution in [0.3, 0.4) is 0 Å². The van der Waals surface area contributed by atoms with Gasteiger partial charge in [-0.05, 0) is 322 Å². The molecule has 19 unspecified atom stereocenters. The second kappa shape index (κ2) is 41.3. The summed E-state index contributed by atoms with van der Waals surface area (Å²) >= 11 is 0. The first-order valence-corrected chi connectivity index (χ1v) is 49.6. The lowest BCUT2D eigenvalue weighted by Gasteiger charge is -2.57. The van der Waals surface area contributed by atoms with Crippen LogP contribution in [0, 0.1) is 193 Å². The molecule has 0 aromatic carbocycles. The summed E-state index contributed by atoms with van der Waals surface area (Å²) in [7, 11) is 0. The molecule has 113 heavy (non-hydrogen) atoms. The molecule has 0 aliphatic heterocycles. The van der Waals surface area contributed by atoms with E-state index in [9.17, 15) is 0 Å². The molecule has 0 radical (unpaired) electrons. The minimum absolute atomic E-state index is 0.380. The van der Waals surface area contributed by atoms with E-state index in [1.807, 2.05) is 0 Å². The van der Waals surface area contributed by atoms with Crippen molar-refractivity contribution in [2.45, 2.75) is 506 Å². The van der Waals surface area contributed by atoms with E-state index in [-0.39, 0.29) is 0 Å². The van der Waals surface area contributed by atoms with E-state index in [0.717, 1.165) is 107 Å². The quantitative estimate of drug-likeness (QED) is 0.247. The Labute approximate surface area is 718 Å². The Morgan fingerprint density at radius 1 is 0.310 bits per heavy atom. The fraction of sp³-hybridized carbons (Fsp3) is 0.965. The Bertz CT molecular complexity index is 2580. The van der Waals surface area contributed by atoms with E-state index in [4.69, 9.17) is 0 Å². The van der Waals surface area contributed by atoms with Gasteiger partial charge in [-0.2, -0.15) is 0 Å². The third-order valence-corrected chi connectivity index (χ3v) is 34.1. The number of rotatable bonds is 3. The molecule has 0 heteroatoms. The molecule has 672 valence electrons. The van der Waals surface area contributed by atoms with Gasteiger partial charge in [0, 0.05) is 0 Å². The fourth-order valence-corrected chi connectivity index (χ4v) is 26.5. The molecule has 2 bridgehead atoms. The molecule has 0 amide bonds. The minimum Gasteiger partial charge on any atom is -0.0999 e. The fourth-order valence-electron chi connectivity index (χ4n) is 26.5. The Morgan fingerprint density at radius 3 is 0.858 bits per heavy atom. The zero-order valence-electron chi connectivity index (χ0n) is 87.8. The van der Waals surface area contributed by atoms with Gasteiger partial charge in [-0.25, -0.2) is 0 Å². The standard InChI is InChI=1S/C18H36.C18H34.C16H32.C16H30.C16H32.C15H28.C14H28/c2*1-13(2)14-10-11-18(9,17(6,7)8)15(12-14)16(3,4)5;2*1-15(2,3)13-11-9-7-8-10-12-14(13)16(4,5)6;1-8-12-9-10-13(15(2,3)4)14(11-12)16(5,6)7;1-14(2,3)12-10-7-8-11(9-10)13(12)15(4,5)6;1-13(2,3)11-9-7-8-10-12(11)14(4,5)6/h13-15H,10-12H2,1-9H3;14-15H,1,10-12H2,2-9H3;13-14H,7-12H2,1-6H3;7-8,13-14H,9-12H2,1-6H3;12-14H,8-11H2,1-7H3;10-13H,7-9H2,1-6H3;11-12H,7-10H2,1-6H3/b;;;8-7-;;;. The summed E-state index contributed by atoms with van der Waals surface area (Å²) in [5.41, 5.74) is 8.75. The van der Waals surface area contributed by atoms with Gasteiger partial charge >= 0.3 is 0 Å². The van der Waals surface area contributed by atoms with Crippen LogP contribution in [-0.4, -0.2) is 0 Å². The van der Waals surface area contributed by atoms with Crippen molar-refractivity contribution in [2.24, 2.45) is 193 Å². The highest BCUT2D eigenvalue weighted by Crippen LogP contribution is 2.65. The summed E-state index contributed by atoms with van der Waals surface area (Å²) in [5.74, 6) is 16.4. The first kappa shape index (κ1) is 109. The molecule has 0 saturated heterocycles. The number of allylic oxidation sites excluding steroid dienone is 3. The van der Waals surface area contributed by atoms with Gasteiger partial charge in [0.1, 0.15) is 0 Å². The SMILES string of the molecule is C=C(C)C1CCC(C)(C(C)(C)C)C(C(C)(C)C)C1.CC(C)(C)C1C2CCC(C2)C1C(C)(C)C.CC(C)(C)C1CC/C=C\CCC1C(C)(C)C.CC(C)(C)C1CCCCC1C(C)(C)C.CC(C)(C)C1CCCCCCC1C(C)(C)C.CC(C)C1CCC(C)(C(C)(C)C)C(C(C)(C)C)C1.CCC1CCC(C(C)(C)C)C(C(C)(C)C)C1. The van der Waals surface area contributed by atoms with Crippen LogP contribution < -0.4 is 0 Å². The van der Waals surface area contributed by atoms with Crippen LogP contribution >= 0.6 is 0 Å². The summed E-state index contributed by atoms with van der Waals surface area (Å²) in [6.45, 7) is 121. The summed E-state index contributed by atoms with van der Waals surface area (Å²) in [6.07, 6.45) is 43.1. The van der Waals surface area contributed by atoms with Crippen LogP contribution in [0.5, 0.6) is 0 Å². The molecule has 8 aliphatic rings. The van der Waals surface area contributed by atoms with Crippen molar-refractivity contribution in [2.75, 3.05) is 0 Å². The molecule has 0 aromatic rings. The molecular weight excluding hydrogens is 1360 g/mol. The number of hydrogen-bond donors (Lipinski definition) is 0. The highest BCUT2D eigenvalue weighted by molar-refractivity contribution is 5.09. The molecule has 7 fully saturated rings. The monoisotopic (exact) mass is 1580 g/mol. The van der Waals surface area contributed by atoms with Gasteiger partial charge in [0.15, 0.2) is 0 Å². The average Bonchev–Trinajstić information content (AvgIpc) is 1.73. The van der Waals surface area contributed by atoms with E-state index in [1.54, 1.807) is 0 Å². The average molecular weight is 1580 g/mol. The van der Waals surface area contributed by atoms with Crippen molar-refractivity contribution in [1.82, 2.24) is 0 Å². The summed E-state index contributed by atoms with van der Waals surface area (Å²) in [4.78, 5) is 0. The van der Waals surface area contributed by atoms with Crippen LogP contribution in [0.1, 0.15) is 506 Å². The second-order valence-corrected chi connectivity index (χ2v) is 57.2. The van der Waals surface area contributed by atoms with Crippen molar-refractivity contribution in [3.05, 3.63) is 24.3 Å². The third kappa shape index (κ3) is 32.6. The first-order valence-electron chi connectivity index (χ1n) is 49.6. The highest BCUT2D eigenvalue weighted by Gasteiger charge is 2.57. The maximum Gasteiger partial charge on any atom is -0.0205 e. The van der Waals surface area contributed by atoms with Gasteiger partial charge in [-0.15, -0.1) is 0 Å². The van der Waals surface area contributed by atoms with Gasteiger partial charge in [0.05, 0.1) is 0 Å². The highest BCUT2D eigenvalue weighted by atomic mass is 14.6. The molecule has 19 atom stereocenters.